The molecule has 2 nitrogen and oxygen atoms in total. The molecule has 104 valence electrons. The van der Waals surface area contributed by atoms with Crippen LogP contribution in [0.1, 0.15) is 38.5 Å². The van der Waals surface area contributed by atoms with Gasteiger partial charge in [-0.05, 0) is 30.9 Å². The zero-order chi connectivity index (χ0) is 13.5. The Morgan fingerprint density at radius 1 is 1.16 bits per heavy atom. The summed E-state index contributed by atoms with van der Waals surface area (Å²) in [6.45, 7) is 2.09. The molecule has 2 N–H and O–H groups in total. The van der Waals surface area contributed by atoms with Gasteiger partial charge in [-0.2, -0.15) is 0 Å². The van der Waals surface area contributed by atoms with Crippen LogP contribution in [0.15, 0.2) is 30.3 Å². The second-order valence-electron chi connectivity index (χ2n) is 5.50. The summed E-state index contributed by atoms with van der Waals surface area (Å²) in [6.07, 6.45) is 7.74. The number of hydrogen-bond acceptors (Lipinski definition) is 2. The molecule has 0 unspecified atom stereocenters. The Morgan fingerprint density at radius 3 is 2.47 bits per heavy atom. The highest BCUT2D eigenvalue weighted by Gasteiger charge is 2.17. The van der Waals surface area contributed by atoms with Crippen LogP contribution in [-0.4, -0.2) is 18.1 Å². The predicted octanol–water partition coefficient (Wildman–Crippen LogP) is 3.75. The molecule has 0 aliphatic heterocycles. The molecule has 0 heterocycles. The summed E-state index contributed by atoms with van der Waals surface area (Å²) in [5, 5.41) is 0. The molecule has 0 spiro atoms. The van der Waals surface area contributed by atoms with E-state index in [1.54, 1.807) is 0 Å². The van der Waals surface area contributed by atoms with Crippen LogP contribution in [0.3, 0.4) is 0 Å². The van der Waals surface area contributed by atoms with Crippen molar-refractivity contribution in [3.63, 3.8) is 0 Å². The fourth-order valence-electron chi connectivity index (χ4n) is 2.89. The monoisotopic (exact) mass is 276 g/mol. The average molecular weight is 276 g/mol. The maximum atomic E-state index is 5.66. The second kappa shape index (κ2) is 7.49. The van der Waals surface area contributed by atoms with Crippen LogP contribution in [0.5, 0.6) is 0 Å². The molecular formula is C16H24N2S. The molecule has 0 atom stereocenters. The Labute approximate surface area is 122 Å². The number of nitrogens with zero attached hydrogens (tertiary/aromatic N) is 1. The lowest BCUT2D eigenvalue weighted by Crippen LogP contribution is -2.33. The minimum Gasteiger partial charge on any atom is -0.393 e. The SMILES string of the molecule is NC(=S)CCN(CC1CCCCC1)c1ccccc1. The summed E-state index contributed by atoms with van der Waals surface area (Å²) in [5.74, 6) is 0.834. The van der Waals surface area contributed by atoms with Gasteiger partial charge in [-0.3, -0.25) is 0 Å². The van der Waals surface area contributed by atoms with E-state index in [2.05, 4.69) is 35.2 Å². The molecule has 1 aliphatic carbocycles. The zero-order valence-electron chi connectivity index (χ0n) is 11.6. The molecule has 0 radical (unpaired) electrons. The van der Waals surface area contributed by atoms with Crippen molar-refractivity contribution in [1.82, 2.24) is 0 Å². The number of thiocarbonyl (C=S) groups is 1. The van der Waals surface area contributed by atoms with Crippen molar-refractivity contribution < 1.29 is 0 Å². The van der Waals surface area contributed by atoms with E-state index in [1.165, 1.54) is 37.8 Å². The molecule has 0 aromatic heterocycles. The van der Waals surface area contributed by atoms with Gasteiger partial charge in [0.25, 0.3) is 0 Å². The minimum absolute atomic E-state index is 0.615. The molecule has 1 aromatic rings. The topological polar surface area (TPSA) is 29.3 Å². The van der Waals surface area contributed by atoms with Crippen molar-refractivity contribution in [3.05, 3.63) is 30.3 Å². The lowest BCUT2D eigenvalue weighted by molar-refractivity contribution is 0.358. The van der Waals surface area contributed by atoms with E-state index < -0.39 is 0 Å². The van der Waals surface area contributed by atoms with Crippen molar-refractivity contribution in [2.75, 3.05) is 18.0 Å². The van der Waals surface area contributed by atoms with Gasteiger partial charge in [0.15, 0.2) is 0 Å². The first-order valence-electron chi connectivity index (χ1n) is 7.34. The molecule has 19 heavy (non-hydrogen) atoms. The van der Waals surface area contributed by atoms with E-state index in [1.807, 2.05) is 0 Å². The Balaban J connectivity index is 1.98. The average Bonchev–Trinajstić information content (AvgIpc) is 2.45. The zero-order valence-corrected chi connectivity index (χ0v) is 12.4. The van der Waals surface area contributed by atoms with Gasteiger partial charge in [0.2, 0.25) is 0 Å². The molecule has 1 saturated carbocycles. The van der Waals surface area contributed by atoms with E-state index in [0.717, 1.165) is 25.4 Å². The molecule has 0 bridgehead atoms. The third-order valence-corrected chi connectivity index (χ3v) is 4.16. The molecule has 0 amide bonds. The van der Waals surface area contributed by atoms with E-state index in [4.69, 9.17) is 18.0 Å². The van der Waals surface area contributed by atoms with Gasteiger partial charge >= 0.3 is 0 Å². The second-order valence-corrected chi connectivity index (χ2v) is 6.03. The van der Waals surface area contributed by atoms with Gasteiger partial charge in [-0.15, -0.1) is 0 Å². The van der Waals surface area contributed by atoms with Crippen LogP contribution in [0.25, 0.3) is 0 Å². The Kier molecular flexibility index (Phi) is 5.64. The summed E-state index contributed by atoms with van der Waals surface area (Å²) in [5.41, 5.74) is 6.95. The third kappa shape index (κ3) is 4.83. The maximum Gasteiger partial charge on any atom is 0.0745 e. The van der Waals surface area contributed by atoms with E-state index in [0.29, 0.717) is 4.99 Å². The lowest BCUT2D eigenvalue weighted by atomic mass is 9.89. The highest BCUT2D eigenvalue weighted by atomic mass is 32.1. The number of benzene rings is 1. The maximum absolute atomic E-state index is 5.66. The molecule has 3 heteroatoms. The van der Waals surface area contributed by atoms with Gasteiger partial charge in [0.05, 0.1) is 4.99 Å². The van der Waals surface area contributed by atoms with E-state index in [9.17, 15) is 0 Å². The number of rotatable bonds is 6. The summed E-state index contributed by atoms with van der Waals surface area (Å²) < 4.78 is 0. The summed E-state index contributed by atoms with van der Waals surface area (Å²) in [7, 11) is 0. The smallest absolute Gasteiger partial charge is 0.0745 e. The van der Waals surface area contributed by atoms with Crippen LogP contribution in [0.4, 0.5) is 5.69 Å². The van der Waals surface area contributed by atoms with Crippen LogP contribution in [0.2, 0.25) is 0 Å². The predicted molar refractivity (Wildman–Crippen MR) is 86.6 cm³/mol. The molecular weight excluding hydrogens is 252 g/mol. The standard InChI is InChI=1S/C16H24N2S/c17-16(19)11-12-18(15-9-5-2-6-10-15)13-14-7-3-1-4-8-14/h2,5-6,9-10,14H,1,3-4,7-8,11-13H2,(H2,17,19). The van der Waals surface area contributed by atoms with Gasteiger partial charge in [0, 0.05) is 25.2 Å². The first-order chi connectivity index (χ1) is 9.25. The van der Waals surface area contributed by atoms with Gasteiger partial charge in [0.1, 0.15) is 0 Å². The molecule has 2 rings (SSSR count). The largest absolute Gasteiger partial charge is 0.393 e. The van der Waals surface area contributed by atoms with Gasteiger partial charge < -0.3 is 10.6 Å². The minimum atomic E-state index is 0.615. The molecule has 1 fully saturated rings. The van der Waals surface area contributed by atoms with E-state index >= 15 is 0 Å². The highest BCUT2D eigenvalue weighted by molar-refractivity contribution is 7.80. The molecule has 1 aromatic carbocycles. The Morgan fingerprint density at radius 2 is 1.84 bits per heavy atom. The van der Waals surface area contributed by atoms with Crippen LogP contribution in [-0.2, 0) is 0 Å². The van der Waals surface area contributed by atoms with Gasteiger partial charge in [-0.1, -0.05) is 49.7 Å². The molecule has 1 aliphatic rings. The Hall–Kier alpha value is -1.09. The van der Waals surface area contributed by atoms with Crippen molar-refractivity contribution >= 4 is 22.9 Å². The highest BCUT2D eigenvalue weighted by Crippen LogP contribution is 2.26. The van der Waals surface area contributed by atoms with Crippen LogP contribution >= 0.6 is 12.2 Å². The summed E-state index contributed by atoms with van der Waals surface area (Å²) >= 11 is 5.02. The first kappa shape index (κ1) is 14.3. The van der Waals surface area contributed by atoms with Crippen molar-refractivity contribution in [1.29, 1.82) is 0 Å². The number of nitrogens with two attached hydrogens (primary N) is 1. The third-order valence-electron chi connectivity index (χ3n) is 3.95. The fraction of sp³-hybridized carbons (Fsp3) is 0.562. The summed E-state index contributed by atoms with van der Waals surface area (Å²) in [6, 6.07) is 10.6. The number of para-hydroxylation sites is 1. The van der Waals surface area contributed by atoms with Gasteiger partial charge in [-0.25, -0.2) is 0 Å². The van der Waals surface area contributed by atoms with Crippen molar-refractivity contribution in [2.45, 2.75) is 38.5 Å². The summed E-state index contributed by atoms with van der Waals surface area (Å²) in [4.78, 5) is 3.07. The first-order valence-corrected chi connectivity index (χ1v) is 7.75. The molecule has 0 saturated heterocycles. The number of hydrogen-bond donors (Lipinski definition) is 1. The fourth-order valence-corrected chi connectivity index (χ4v) is 2.98. The Bertz CT molecular complexity index is 385. The van der Waals surface area contributed by atoms with Crippen molar-refractivity contribution in [2.24, 2.45) is 11.7 Å². The number of anilines is 1. The van der Waals surface area contributed by atoms with Crippen LogP contribution in [0, 0.1) is 5.92 Å². The normalized spacial score (nSPS) is 16.2. The van der Waals surface area contributed by atoms with Crippen LogP contribution < -0.4 is 10.6 Å². The quantitative estimate of drug-likeness (QED) is 0.802. The lowest BCUT2D eigenvalue weighted by Gasteiger charge is -2.31. The van der Waals surface area contributed by atoms with E-state index in [-0.39, 0.29) is 0 Å². The van der Waals surface area contributed by atoms with Crippen molar-refractivity contribution in [3.8, 4) is 0 Å².